The number of hydrogen-bond acceptors (Lipinski definition) is 3. The molecule has 0 amide bonds. The van der Waals surface area contributed by atoms with Gasteiger partial charge in [0.1, 0.15) is 0 Å². The Morgan fingerprint density at radius 3 is 2.50 bits per heavy atom. The highest BCUT2D eigenvalue weighted by atomic mass is 79.9. The number of halogens is 1. The molecule has 3 fully saturated rings. The Kier molecular flexibility index (Phi) is 1.35. The summed E-state index contributed by atoms with van der Waals surface area (Å²) in [5.74, 6) is 5.21. The lowest BCUT2D eigenvalue weighted by Crippen LogP contribution is -1.97. The van der Waals surface area contributed by atoms with Gasteiger partial charge in [0.15, 0.2) is 0 Å². The zero-order chi connectivity index (χ0) is 9.28. The van der Waals surface area contributed by atoms with Crippen molar-refractivity contribution < 1.29 is 4.52 Å². The van der Waals surface area contributed by atoms with Crippen LogP contribution < -0.4 is 0 Å². The molecule has 3 aliphatic rings. The monoisotopic (exact) mass is 254 g/mol. The fourth-order valence-corrected chi connectivity index (χ4v) is 4.25. The van der Waals surface area contributed by atoms with Crippen molar-refractivity contribution in [2.75, 3.05) is 0 Å². The highest BCUT2D eigenvalue weighted by Crippen LogP contribution is 2.72. The molecule has 3 saturated carbocycles. The van der Waals surface area contributed by atoms with Gasteiger partial charge in [0.2, 0.25) is 10.6 Å². The van der Waals surface area contributed by atoms with Gasteiger partial charge in [0, 0.05) is 5.92 Å². The molecule has 4 heteroatoms. The van der Waals surface area contributed by atoms with Crippen LogP contribution in [0.5, 0.6) is 0 Å². The van der Waals surface area contributed by atoms with Gasteiger partial charge in [-0.3, -0.25) is 0 Å². The summed E-state index contributed by atoms with van der Waals surface area (Å²) in [4.78, 5) is 4.29. The largest absolute Gasteiger partial charge is 0.338 e. The molecule has 0 N–H and O–H groups in total. The Hall–Kier alpha value is -0.380. The van der Waals surface area contributed by atoms with Crippen LogP contribution >= 0.6 is 15.9 Å². The number of hydrogen-bond donors (Lipinski definition) is 0. The van der Waals surface area contributed by atoms with Gasteiger partial charge in [-0.2, -0.15) is 4.98 Å². The molecule has 74 valence electrons. The average molecular weight is 255 g/mol. The molecule has 0 spiro atoms. The predicted octanol–water partition coefficient (Wildman–Crippen LogP) is 2.59. The van der Waals surface area contributed by atoms with Crippen LogP contribution in [0.4, 0.5) is 0 Å². The van der Waals surface area contributed by atoms with Crippen molar-refractivity contribution in [3.8, 4) is 0 Å². The Labute approximate surface area is 90.4 Å². The van der Waals surface area contributed by atoms with Gasteiger partial charge in [0.25, 0.3) is 0 Å². The van der Waals surface area contributed by atoms with Gasteiger partial charge in [-0.05, 0) is 64.0 Å². The van der Waals surface area contributed by atoms with Crippen molar-refractivity contribution in [2.24, 2.45) is 23.7 Å². The van der Waals surface area contributed by atoms with Crippen LogP contribution in [0.2, 0.25) is 0 Å². The normalized spacial score (nSPS) is 48.2. The Bertz CT molecular complexity index is 375. The molecular formula is C10H11BrN2O. The van der Waals surface area contributed by atoms with Crippen LogP contribution in [0, 0.1) is 23.7 Å². The fourth-order valence-electron chi connectivity index (χ4n) is 4.01. The van der Waals surface area contributed by atoms with Crippen molar-refractivity contribution in [1.29, 1.82) is 0 Å². The van der Waals surface area contributed by atoms with Gasteiger partial charge in [0.05, 0.1) is 0 Å². The SMILES string of the molecule is Brc1noc(C2C3C4CCC(C4)C23)n1. The van der Waals surface area contributed by atoms with Crippen LogP contribution in [0.15, 0.2) is 9.26 Å². The first-order valence-corrected chi connectivity index (χ1v) is 6.13. The molecule has 0 radical (unpaired) electrons. The minimum absolute atomic E-state index is 0.602. The van der Waals surface area contributed by atoms with Gasteiger partial charge in [-0.15, -0.1) is 0 Å². The summed E-state index contributed by atoms with van der Waals surface area (Å²) in [5, 5.41) is 3.81. The van der Waals surface area contributed by atoms with E-state index in [4.69, 9.17) is 4.52 Å². The molecule has 0 aromatic carbocycles. The van der Waals surface area contributed by atoms with Crippen LogP contribution in [-0.2, 0) is 0 Å². The molecule has 3 aliphatic carbocycles. The van der Waals surface area contributed by atoms with E-state index in [1.165, 1.54) is 19.3 Å². The van der Waals surface area contributed by atoms with E-state index in [0.29, 0.717) is 10.7 Å². The second-order valence-electron chi connectivity index (χ2n) is 4.92. The summed E-state index contributed by atoms with van der Waals surface area (Å²) in [6, 6.07) is 0. The van der Waals surface area contributed by atoms with Gasteiger partial charge < -0.3 is 4.52 Å². The topological polar surface area (TPSA) is 38.9 Å². The molecule has 1 heterocycles. The van der Waals surface area contributed by atoms with Crippen molar-refractivity contribution in [2.45, 2.75) is 25.2 Å². The smallest absolute Gasteiger partial charge is 0.238 e. The lowest BCUT2D eigenvalue weighted by atomic mass is 10.0. The molecule has 1 aromatic rings. The maximum atomic E-state index is 5.24. The molecule has 4 atom stereocenters. The molecular weight excluding hydrogens is 244 g/mol. The first-order chi connectivity index (χ1) is 6.84. The summed E-state index contributed by atoms with van der Waals surface area (Å²) in [6.45, 7) is 0. The van der Waals surface area contributed by atoms with Crippen molar-refractivity contribution >= 4 is 15.9 Å². The van der Waals surface area contributed by atoms with Crippen LogP contribution in [0.1, 0.15) is 31.1 Å². The molecule has 14 heavy (non-hydrogen) atoms. The van der Waals surface area contributed by atoms with Crippen LogP contribution in [-0.4, -0.2) is 10.1 Å². The molecule has 2 bridgehead atoms. The highest BCUT2D eigenvalue weighted by Gasteiger charge is 2.67. The van der Waals surface area contributed by atoms with E-state index in [9.17, 15) is 0 Å². The maximum absolute atomic E-state index is 5.24. The molecule has 3 nitrogen and oxygen atoms in total. The van der Waals surface area contributed by atoms with E-state index >= 15 is 0 Å². The summed E-state index contributed by atoms with van der Waals surface area (Å²) >= 11 is 3.24. The first-order valence-electron chi connectivity index (χ1n) is 5.33. The van der Waals surface area contributed by atoms with Gasteiger partial charge >= 0.3 is 0 Å². The predicted molar refractivity (Wildman–Crippen MR) is 52.6 cm³/mol. The third kappa shape index (κ3) is 0.835. The van der Waals surface area contributed by atoms with Crippen molar-refractivity contribution in [3.05, 3.63) is 10.6 Å². The van der Waals surface area contributed by atoms with Crippen molar-refractivity contribution in [3.63, 3.8) is 0 Å². The number of fused-ring (bicyclic) bond motifs is 5. The second kappa shape index (κ2) is 2.40. The molecule has 0 saturated heterocycles. The first kappa shape index (κ1) is 7.85. The lowest BCUT2D eigenvalue weighted by molar-refractivity contribution is 0.353. The number of rotatable bonds is 1. The fraction of sp³-hybridized carbons (Fsp3) is 0.800. The second-order valence-corrected chi connectivity index (χ2v) is 5.62. The van der Waals surface area contributed by atoms with E-state index in [1.807, 2.05) is 0 Å². The maximum Gasteiger partial charge on any atom is 0.238 e. The van der Waals surface area contributed by atoms with E-state index < -0.39 is 0 Å². The summed E-state index contributed by atoms with van der Waals surface area (Å²) in [5.41, 5.74) is 0. The third-order valence-corrected chi connectivity index (χ3v) is 4.76. The van der Waals surface area contributed by atoms with Gasteiger partial charge in [-0.25, -0.2) is 0 Å². The van der Waals surface area contributed by atoms with Crippen LogP contribution in [0.25, 0.3) is 0 Å². The van der Waals surface area contributed by atoms with E-state index in [0.717, 1.165) is 29.6 Å². The number of nitrogens with zero attached hydrogens (tertiary/aromatic N) is 2. The zero-order valence-electron chi connectivity index (χ0n) is 7.69. The molecule has 1 aromatic heterocycles. The lowest BCUT2D eigenvalue weighted by Gasteiger charge is -2.04. The van der Waals surface area contributed by atoms with E-state index in [1.54, 1.807) is 0 Å². The quantitative estimate of drug-likeness (QED) is 0.774. The zero-order valence-corrected chi connectivity index (χ0v) is 9.27. The summed E-state index contributed by atoms with van der Waals surface area (Å²) in [6.07, 6.45) is 4.36. The Balaban J connectivity index is 1.66. The molecule has 4 rings (SSSR count). The minimum atomic E-state index is 0.602. The van der Waals surface area contributed by atoms with Crippen molar-refractivity contribution in [1.82, 2.24) is 10.1 Å². The summed E-state index contributed by atoms with van der Waals surface area (Å²) in [7, 11) is 0. The Morgan fingerprint density at radius 2 is 1.93 bits per heavy atom. The highest BCUT2D eigenvalue weighted by molar-refractivity contribution is 9.10. The molecule has 0 aliphatic heterocycles. The summed E-state index contributed by atoms with van der Waals surface area (Å²) < 4.78 is 5.84. The van der Waals surface area contributed by atoms with E-state index in [2.05, 4.69) is 26.1 Å². The molecule has 4 unspecified atom stereocenters. The van der Waals surface area contributed by atoms with Crippen LogP contribution in [0.3, 0.4) is 0 Å². The standard InChI is InChI=1S/C10H11BrN2O/c11-10-12-9(14-13-10)8-6-4-1-2-5(3-4)7(6)8/h4-8H,1-3H2. The minimum Gasteiger partial charge on any atom is -0.338 e. The number of aromatic nitrogens is 2. The van der Waals surface area contributed by atoms with E-state index in [-0.39, 0.29) is 0 Å². The Morgan fingerprint density at radius 1 is 1.21 bits per heavy atom. The van der Waals surface area contributed by atoms with Gasteiger partial charge in [-0.1, -0.05) is 0 Å². The third-order valence-electron chi connectivity index (χ3n) is 4.44. The average Bonchev–Trinajstić information content (AvgIpc) is 2.58.